The molecule has 6 nitrogen and oxygen atoms in total. The molecule has 1 aromatic heterocycles. The molecule has 0 bridgehead atoms. The van der Waals surface area contributed by atoms with Crippen LogP contribution in [-0.4, -0.2) is 31.1 Å². The van der Waals surface area contributed by atoms with Gasteiger partial charge < -0.3 is 14.8 Å². The van der Waals surface area contributed by atoms with Gasteiger partial charge in [0.15, 0.2) is 0 Å². The summed E-state index contributed by atoms with van der Waals surface area (Å²) in [6.45, 7) is 4.13. The molecule has 0 atom stereocenters. The highest BCUT2D eigenvalue weighted by molar-refractivity contribution is 7.13. The number of hydrogen-bond donors (Lipinski definition) is 1. The van der Waals surface area contributed by atoms with Crippen molar-refractivity contribution in [3.8, 4) is 21.8 Å². The van der Waals surface area contributed by atoms with Gasteiger partial charge in [0.1, 0.15) is 10.7 Å². The van der Waals surface area contributed by atoms with E-state index in [9.17, 15) is 9.59 Å². The summed E-state index contributed by atoms with van der Waals surface area (Å²) in [5, 5.41) is 5.81. The fraction of sp³-hybridized carbons (Fsp3) is 0.174. The molecule has 0 saturated heterocycles. The van der Waals surface area contributed by atoms with Crippen LogP contribution < -0.4 is 5.32 Å². The van der Waals surface area contributed by atoms with E-state index in [0.717, 1.165) is 27.9 Å². The summed E-state index contributed by atoms with van der Waals surface area (Å²) in [6, 6.07) is 13.8. The van der Waals surface area contributed by atoms with Gasteiger partial charge in [-0.3, -0.25) is 0 Å². The Morgan fingerprint density at radius 1 is 1.07 bits per heavy atom. The molecule has 1 heterocycles. The Bertz CT molecular complexity index is 1120. The molecule has 0 amide bonds. The van der Waals surface area contributed by atoms with Crippen LogP contribution in [0.25, 0.3) is 21.8 Å². The lowest BCUT2D eigenvalue weighted by molar-refractivity contribution is -0.138. The smallest absolute Gasteiger partial charge is 0.354 e. The van der Waals surface area contributed by atoms with Gasteiger partial charge in [-0.1, -0.05) is 29.8 Å². The first-order valence-electron chi connectivity index (χ1n) is 9.20. The van der Waals surface area contributed by atoms with Crippen LogP contribution in [0.15, 0.2) is 59.6 Å². The quantitative estimate of drug-likeness (QED) is 0.457. The van der Waals surface area contributed by atoms with Gasteiger partial charge in [0.2, 0.25) is 0 Å². The van der Waals surface area contributed by atoms with Crippen LogP contribution in [0, 0.1) is 13.8 Å². The van der Waals surface area contributed by atoms with Crippen LogP contribution in [0.5, 0.6) is 0 Å². The van der Waals surface area contributed by atoms with E-state index < -0.39 is 11.9 Å². The summed E-state index contributed by atoms with van der Waals surface area (Å²) in [5.41, 5.74) is 5.89. The van der Waals surface area contributed by atoms with Crippen molar-refractivity contribution in [2.45, 2.75) is 13.8 Å². The van der Waals surface area contributed by atoms with Crippen LogP contribution in [0.3, 0.4) is 0 Å². The van der Waals surface area contributed by atoms with Gasteiger partial charge in [0, 0.05) is 22.2 Å². The van der Waals surface area contributed by atoms with Crippen LogP contribution in [-0.2, 0) is 19.1 Å². The minimum absolute atomic E-state index is 0.0169. The van der Waals surface area contributed by atoms with E-state index in [2.05, 4.69) is 42.1 Å². The monoisotopic (exact) mass is 422 g/mol. The maximum absolute atomic E-state index is 12.0. The number of carbonyl (C=O) groups excluding carboxylic acids is 2. The highest BCUT2D eigenvalue weighted by Gasteiger charge is 2.14. The van der Waals surface area contributed by atoms with E-state index in [1.807, 2.05) is 23.6 Å². The summed E-state index contributed by atoms with van der Waals surface area (Å²) < 4.78 is 9.33. The molecular weight excluding hydrogens is 400 g/mol. The van der Waals surface area contributed by atoms with Gasteiger partial charge in [-0.15, -0.1) is 11.3 Å². The molecular formula is C23H22N2O4S. The summed E-state index contributed by atoms with van der Waals surface area (Å²) >= 11 is 1.55. The van der Waals surface area contributed by atoms with Crippen molar-refractivity contribution in [2.24, 2.45) is 0 Å². The topological polar surface area (TPSA) is 77.5 Å². The van der Waals surface area contributed by atoms with Crippen molar-refractivity contribution in [3.63, 3.8) is 0 Å². The van der Waals surface area contributed by atoms with Crippen LogP contribution in [0.1, 0.15) is 11.1 Å². The molecule has 0 aliphatic rings. The lowest BCUT2D eigenvalue weighted by Crippen LogP contribution is -2.15. The molecule has 3 rings (SSSR count). The molecule has 1 N–H and O–H groups in total. The third-order valence-corrected chi connectivity index (χ3v) is 5.32. The van der Waals surface area contributed by atoms with E-state index >= 15 is 0 Å². The molecule has 0 aliphatic carbocycles. The SMILES string of the molecule is COC(=O)/C=C(/Nc1cccc(-c2nc(-c3cc(C)ccc3C)cs2)c1)C(=O)OC. The third-order valence-electron chi connectivity index (χ3n) is 4.43. The standard InChI is InChI=1S/C23H22N2O4S/c1-14-8-9-15(2)18(10-14)20-13-30-22(25-20)16-6-5-7-17(11-16)24-19(23(27)29-4)12-21(26)28-3/h5-13,24H,1-4H3/b19-12+. The molecule has 2 aromatic carbocycles. The maximum Gasteiger partial charge on any atom is 0.354 e. The van der Waals surface area contributed by atoms with E-state index in [1.165, 1.54) is 25.3 Å². The number of methoxy groups -OCH3 is 2. The Morgan fingerprint density at radius 2 is 1.87 bits per heavy atom. The van der Waals surface area contributed by atoms with Crippen molar-refractivity contribution in [1.82, 2.24) is 4.98 Å². The number of nitrogens with zero attached hydrogens (tertiary/aromatic N) is 1. The third kappa shape index (κ3) is 4.93. The molecule has 3 aromatic rings. The van der Waals surface area contributed by atoms with E-state index in [1.54, 1.807) is 17.4 Å². The van der Waals surface area contributed by atoms with Gasteiger partial charge in [0.25, 0.3) is 0 Å². The number of aryl methyl sites for hydroxylation is 2. The van der Waals surface area contributed by atoms with Crippen LogP contribution >= 0.6 is 11.3 Å². The molecule has 0 spiro atoms. The molecule has 0 aliphatic heterocycles. The largest absolute Gasteiger partial charge is 0.466 e. The van der Waals surface area contributed by atoms with Gasteiger partial charge in [-0.05, 0) is 37.6 Å². The Hall–Kier alpha value is -3.45. The van der Waals surface area contributed by atoms with Crippen molar-refractivity contribution in [1.29, 1.82) is 0 Å². The second-order valence-corrected chi connectivity index (χ2v) is 7.49. The Morgan fingerprint density at radius 3 is 2.60 bits per heavy atom. The minimum Gasteiger partial charge on any atom is -0.466 e. The molecule has 0 fully saturated rings. The summed E-state index contributed by atoms with van der Waals surface area (Å²) in [7, 11) is 2.49. The molecule has 0 unspecified atom stereocenters. The van der Waals surface area contributed by atoms with Gasteiger partial charge in [0.05, 0.1) is 26.0 Å². The number of aromatic nitrogens is 1. The number of hydrogen-bond acceptors (Lipinski definition) is 7. The first-order chi connectivity index (χ1) is 14.4. The number of anilines is 1. The number of carbonyl (C=O) groups is 2. The highest BCUT2D eigenvalue weighted by Crippen LogP contribution is 2.32. The molecule has 154 valence electrons. The molecule has 30 heavy (non-hydrogen) atoms. The Kier molecular flexibility index (Phi) is 6.64. The number of esters is 2. The normalized spacial score (nSPS) is 11.1. The number of rotatable bonds is 6. The first kappa shape index (κ1) is 21.3. The van der Waals surface area contributed by atoms with Crippen molar-refractivity contribution in [2.75, 3.05) is 19.5 Å². The average molecular weight is 423 g/mol. The zero-order valence-electron chi connectivity index (χ0n) is 17.2. The second kappa shape index (κ2) is 9.37. The van der Waals surface area contributed by atoms with Gasteiger partial charge in [-0.25, -0.2) is 14.6 Å². The number of thiazole rings is 1. The number of benzene rings is 2. The van der Waals surface area contributed by atoms with E-state index in [4.69, 9.17) is 9.72 Å². The lowest BCUT2D eigenvalue weighted by atomic mass is 10.0. The van der Waals surface area contributed by atoms with Crippen molar-refractivity contribution < 1.29 is 19.1 Å². The average Bonchev–Trinajstić information content (AvgIpc) is 3.24. The maximum atomic E-state index is 12.0. The molecule has 7 heteroatoms. The first-order valence-corrected chi connectivity index (χ1v) is 10.1. The number of ether oxygens (including phenoxy) is 2. The van der Waals surface area contributed by atoms with Gasteiger partial charge >= 0.3 is 11.9 Å². The molecule has 0 radical (unpaired) electrons. The highest BCUT2D eigenvalue weighted by atomic mass is 32.1. The lowest BCUT2D eigenvalue weighted by Gasteiger charge is -2.10. The number of nitrogens with one attached hydrogen (secondary N) is 1. The van der Waals surface area contributed by atoms with Gasteiger partial charge in [-0.2, -0.15) is 0 Å². The van der Waals surface area contributed by atoms with Crippen molar-refractivity contribution >= 4 is 29.0 Å². The van der Waals surface area contributed by atoms with Crippen molar-refractivity contribution in [3.05, 3.63) is 70.7 Å². The van der Waals surface area contributed by atoms with E-state index in [-0.39, 0.29) is 5.70 Å². The Balaban J connectivity index is 1.90. The minimum atomic E-state index is -0.669. The van der Waals surface area contributed by atoms with E-state index in [0.29, 0.717) is 5.69 Å². The van der Waals surface area contributed by atoms with Crippen LogP contribution in [0.2, 0.25) is 0 Å². The summed E-state index contributed by atoms with van der Waals surface area (Å²) in [4.78, 5) is 28.3. The summed E-state index contributed by atoms with van der Waals surface area (Å²) in [6.07, 6.45) is 1.06. The summed E-state index contributed by atoms with van der Waals surface area (Å²) in [5.74, 6) is -1.32. The second-order valence-electron chi connectivity index (χ2n) is 6.63. The fourth-order valence-electron chi connectivity index (χ4n) is 2.86. The fourth-order valence-corrected chi connectivity index (χ4v) is 3.68. The predicted molar refractivity (Wildman–Crippen MR) is 118 cm³/mol. The van der Waals surface area contributed by atoms with Crippen LogP contribution in [0.4, 0.5) is 5.69 Å². The predicted octanol–water partition coefficient (Wildman–Crippen LogP) is 4.74. The zero-order valence-corrected chi connectivity index (χ0v) is 18.0. The zero-order chi connectivity index (χ0) is 21.7. The Labute approximate surface area is 179 Å². The molecule has 0 saturated carbocycles.